The number of Topliss-reactive ketones (excluding diaryl/α,β-unsaturated/α-hetero) is 1. The van der Waals surface area contributed by atoms with Crippen LogP contribution in [0.1, 0.15) is 32.1 Å². The molecule has 14 heavy (non-hydrogen) atoms. The van der Waals surface area contributed by atoms with Gasteiger partial charge in [0.15, 0.2) is 5.78 Å². The molecule has 1 aliphatic rings. The highest BCUT2D eigenvalue weighted by molar-refractivity contribution is 5.89. The van der Waals surface area contributed by atoms with Gasteiger partial charge >= 0.3 is 6.18 Å². The molecule has 1 aliphatic carbocycles. The first-order valence-electron chi connectivity index (χ1n) is 4.41. The number of carbonyl (C=O) groups is 1. The summed E-state index contributed by atoms with van der Waals surface area (Å²) in [6.07, 6.45) is -4.67. The highest BCUT2D eigenvalue weighted by Gasteiger charge is 2.44. The van der Waals surface area contributed by atoms with Gasteiger partial charge in [-0.25, -0.2) is 0 Å². The van der Waals surface area contributed by atoms with Gasteiger partial charge < -0.3 is 0 Å². The number of alkyl halides is 3. The van der Waals surface area contributed by atoms with Crippen molar-refractivity contribution in [3.63, 3.8) is 0 Å². The smallest absolute Gasteiger partial charge is 0.298 e. The summed E-state index contributed by atoms with van der Waals surface area (Å²) in [6, 6.07) is 1.75. The lowest BCUT2D eigenvalue weighted by Crippen LogP contribution is -2.26. The second kappa shape index (κ2) is 3.60. The van der Waals surface area contributed by atoms with Crippen LogP contribution in [-0.4, -0.2) is 12.0 Å². The van der Waals surface area contributed by atoms with Crippen molar-refractivity contribution in [1.82, 2.24) is 0 Å². The molecule has 0 aromatic carbocycles. The number of hydrogen-bond donors (Lipinski definition) is 0. The van der Waals surface area contributed by atoms with Crippen molar-refractivity contribution in [3.8, 4) is 6.07 Å². The van der Waals surface area contributed by atoms with E-state index < -0.39 is 18.0 Å². The van der Waals surface area contributed by atoms with Crippen LogP contribution in [0.15, 0.2) is 0 Å². The SMILES string of the molecule is N#CC1(CCC(F)(F)F)CCCC1=O. The van der Waals surface area contributed by atoms with Crippen LogP contribution in [0.25, 0.3) is 0 Å². The quantitative estimate of drug-likeness (QED) is 0.695. The molecule has 0 aromatic heterocycles. The Morgan fingerprint density at radius 1 is 1.50 bits per heavy atom. The zero-order valence-electron chi connectivity index (χ0n) is 7.52. The fraction of sp³-hybridized carbons (Fsp3) is 0.778. The van der Waals surface area contributed by atoms with E-state index in [1.807, 2.05) is 0 Å². The summed E-state index contributed by atoms with van der Waals surface area (Å²) < 4.78 is 35.8. The molecule has 1 saturated carbocycles. The van der Waals surface area contributed by atoms with Crippen LogP contribution in [0.2, 0.25) is 0 Å². The zero-order valence-corrected chi connectivity index (χ0v) is 7.52. The molecule has 0 aromatic rings. The predicted octanol–water partition coefficient (Wildman–Crippen LogP) is 2.59. The van der Waals surface area contributed by atoms with E-state index in [0.29, 0.717) is 6.42 Å². The van der Waals surface area contributed by atoms with E-state index in [-0.39, 0.29) is 25.0 Å². The summed E-state index contributed by atoms with van der Waals surface area (Å²) in [4.78, 5) is 11.3. The number of ketones is 1. The van der Waals surface area contributed by atoms with E-state index in [4.69, 9.17) is 5.26 Å². The molecule has 0 N–H and O–H groups in total. The van der Waals surface area contributed by atoms with Gasteiger partial charge in [-0.15, -0.1) is 0 Å². The lowest BCUT2D eigenvalue weighted by Gasteiger charge is -2.18. The molecule has 2 nitrogen and oxygen atoms in total. The van der Waals surface area contributed by atoms with E-state index in [1.54, 1.807) is 6.07 Å². The van der Waals surface area contributed by atoms with Crippen LogP contribution in [0.5, 0.6) is 0 Å². The highest BCUT2D eigenvalue weighted by atomic mass is 19.4. The Kier molecular flexibility index (Phi) is 2.84. The Morgan fingerprint density at radius 2 is 2.14 bits per heavy atom. The molecule has 1 unspecified atom stereocenters. The highest BCUT2D eigenvalue weighted by Crippen LogP contribution is 2.40. The van der Waals surface area contributed by atoms with Gasteiger partial charge in [-0.05, 0) is 19.3 Å². The molecule has 0 radical (unpaired) electrons. The Labute approximate surface area is 79.7 Å². The third-order valence-electron chi connectivity index (χ3n) is 2.59. The Balaban J connectivity index is 2.65. The lowest BCUT2D eigenvalue weighted by atomic mass is 9.82. The van der Waals surface area contributed by atoms with E-state index in [1.165, 1.54) is 0 Å². The van der Waals surface area contributed by atoms with Crippen LogP contribution < -0.4 is 0 Å². The average Bonchev–Trinajstić information content (AvgIpc) is 2.43. The van der Waals surface area contributed by atoms with Crippen molar-refractivity contribution in [2.75, 3.05) is 0 Å². The van der Waals surface area contributed by atoms with Gasteiger partial charge in [0.05, 0.1) is 6.07 Å². The third kappa shape index (κ3) is 2.25. The molecule has 1 rings (SSSR count). The van der Waals surface area contributed by atoms with E-state index in [0.717, 1.165) is 0 Å². The third-order valence-corrected chi connectivity index (χ3v) is 2.59. The number of nitriles is 1. The molecular weight excluding hydrogens is 195 g/mol. The standard InChI is InChI=1S/C9H10F3NO/c10-9(11,12)5-4-8(6-13)3-1-2-7(8)14/h1-5H2. The predicted molar refractivity (Wildman–Crippen MR) is 42.2 cm³/mol. The summed E-state index contributed by atoms with van der Waals surface area (Å²) in [6.45, 7) is 0. The normalized spacial score (nSPS) is 27.7. The van der Waals surface area contributed by atoms with Gasteiger partial charge in [0.2, 0.25) is 0 Å². The molecular formula is C9H10F3NO. The number of carbonyl (C=O) groups excluding carboxylic acids is 1. The van der Waals surface area contributed by atoms with Crippen molar-refractivity contribution < 1.29 is 18.0 Å². The second-order valence-electron chi connectivity index (χ2n) is 3.59. The maximum Gasteiger partial charge on any atom is 0.389 e. The molecule has 78 valence electrons. The fourth-order valence-corrected chi connectivity index (χ4v) is 1.72. The van der Waals surface area contributed by atoms with Gasteiger partial charge in [-0.3, -0.25) is 4.79 Å². The van der Waals surface area contributed by atoms with Gasteiger partial charge in [-0.1, -0.05) is 0 Å². The van der Waals surface area contributed by atoms with Gasteiger partial charge in [0.1, 0.15) is 5.41 Å². The monoisotopic (exact) mass is 205 g/mol. The topological polar surface area (TPSA) is 40.9 Å². The zero-order chi connectivity index (χ0) is 10.8. The summed E-state index contributed by atoms with van der Waals surface area (Å²) in [5, 5.41) is 8.75. The van der Waals surface area contributed by atoms with Crippen LogP contribution in [0.4, 0.5) is 13.2 Å². The minimum atomic E-state index is -4.28. The van der Waals surface area contributed by atoms with Crippen LogP contribution in [-0.2, 0) is 4.79 Å². The van der Waals surface area contributed by atoms with Crippen LogP contribution in [0.3, 0.4) is 0 Å². The lowest BCUT2D eigenvalue weighted by molar-refractivity contribution is -0.142. The maximum atomic E-state index is 11.9. The molecule has 0 amide bonds. The van der Waals surface area contributed by atoms with Crippen molar-refractivity contribution >= 4 is 5.78 Å². The molecule has 0 spiro atoms. The molecule has 5 heteroatoms. The summed E-state index contributed by atoms with van der Waals surface area (Å²) in [5.41, 5.74) is -1.35. The first-order chi connectivity index (χ1) is 6.40. The van der Waals surface area contributed by atoms with E-state index in [2.05, 4.69) is 0 Å². The van der Waals surface area contributed by atoms with Crippen LogP contribution >= 0.6 is 0 Å². The summed E-state index contributed by atoms with van der Waals surface area (Å²) in [7, 11) is 0. The van der Waals surface area contributed by atoms with Gasteiger partial charge in [0, 0.05) is 12.8 Å². The number of rotatable bonds is 2. The van der Waals surface area contributed by atoms with Crippen molar-refractivity contribution in [1.29, 1.82) is 5.26 Å². The number of hydrogen-bond acceptors (Lipinski definition) is 2. The van der Waals surface area contributed by atoms with Crippen LogP contribution in [0, 0.1) is 16.7 Å². The van der Waals surface area contributed by atoms with Crippen molar-refractivity contribution in [2.24, 2.45) is 5.41 Å². The molecule has 0 bridgehead atoms. The summed E-state index contributed by atoms with van der Waals surface area (Å²) in [5.74, 6) is -0.329. The average molecular weight is 205 g/mol. The van der Waals surface area contributed by atoms with Crippen molar-refractivity contribution in [2.45, 2.75) is 38.3 Å². The van der Waals surface area contributed by atoms with E-state index in [9.17, 15) is 18.0 Å². The number of halogens is 3. The maximum absolute atomic E-state index is 11.9. The van der Waals surface area contributed by atoms with Gasteiger partial charge in [0.25, 0.3) is 0 Å². The molecule has 1 atom stereocenters. The Bertz CT molecular complexity index is 279. The second-order valence-corrected chi connectivity index (χ2v) is 3.59. The Hall–Kier alpha value is -1.05. The molecule has 1 fully saturated rings. The minimum Gasteiger partial charge on any atom is -0.298 e. The fourth-order valence-electron chi connectivity index (χ4n) is 1.72. The summed E-state index contributed by atoms with van der Waals surface area (Å²) >= 11 is 0. The first kappa shape index (κ1) is 11.0. The molecule has 0 saturated heterocycles. The minimum absolute atomic E-state index is 0.241. The van der Waals surface area contributed by atoms with Gasteiger partial charge in [-0.2, -0.15) is 18.4 Å². The first-order valence-corrected chi connectivity index (χ1v) is 4.41. The van der Waals surface area contributed by atoms with E-state index >= 15 is 0 Å². The number of nitrogens with zero attached hydrogens (tertiary/aromatic N) is 1. The molecule has 0 heterocycles. The Morgan fingerprint density at radius 3 is 2.50 bits per heavy atom. The van der Waals surface area contributed by atoms with Crippen molar-refractivity contribution in [3.05, 3.63) is 0 Å². The largest absolute Gasteiger partial charge is 0.389 e. The molecule has 0 aliphatic heterocycles.